The van der Waals surface area contributed by atoms with E-state index in [0.717, 1.165) is 29.5 Å². The van der Waals surface area contributed by atoms with E-state index in [1.807, 2.05) is 63.2 Å². The molecule has 0 aromatic heterocycles. The molecule has 0 aliphatic rings. The zero-order valence-corrected chi connectivity index (χ0v) is 23.8. The van der Waals surface area contributed by atoms with Crippen LogP contribution in [0.1, 0.15) is 75.3 Å². The van der Waals surface area contributed by atoms with Gasteiger partial charge in [-0.25, -0.2) is 4.79 Å². The van der Waals surface area contributed by atoms with Crippen LogP contribution in [-0.4, -0.2) is 52.7 Å². The molecular formula is C30H43N3O5. The molecule has 208 valence electrons. The summed E-state index contributed by atoms with van der Waals surface area (Å²) in [6, 6.07) is 11.0. The minimum atomic E-state index is -1.27. The zero-order chi connectivity index (χ0) is 28.5. The third-order valence-corrected chi connectivity index (χ3v) is 5.98. The summed E-state index contributed by atoms with van der Waals surface area (Å²) in [7, 11) is 0. The van der Waals surface area contributed by atoms with E-state index >= 15 is 0 Å². The average Bonchev–Trinajstić information content (AvgIpc) is 2.81. The third-order valence-electron chi connectivity index (χ3n) is 5.98. The predicted octanol–water partition coefficient (Wildman–Crippen LogP) is 5.20. The highest BCUT2D eigenvalue weighted by molar-refractivity contribution is 5.99. The van der Waals surface area contributed by atoms with Crippen LogP contribution in [0.2, 0.25) is 0 Å². The first kappa shape index (κ1) is 30.8. The van der Waals surface area contributed by atoms with Gasteiger partial charge >= 0.3 is 6.09 Å². The number of aliphatic hydroxyl groups is 1. The summed E-state index contributed by atoms with van der Waals surface area (Å²) in [5.74, 6) is -0.929. The van der Waals surface area contributed by atoms with E-state index in [1.165, 1.54) is 4.90 Å². The van der Waals surface area contributed by atoms with Crippen LogP contribution in [0.3, 0.4) is 0 Å². The van der Waals surface area contributed by atoms with Crippen molar-refractivity contribution in [1.82, 2.24) is 10.2 Å². The van der Waals surface area contributed by atoms with Crippen molar-refractivity contribution in [2.45, 2.75) is 85.4 Å². The van der Waals surface area contributed by atoms with E-state index in [2.05, 4.69) is 17.6 Å². The Morgan fingerprint density at radius 3 is 2.18 bits per heavy atom. The lowest BCUT2D eigenvalue weighted by Gasteiger charge is -2.34. The minimum Gasteiger partial charge on any atom is -0.444 e. The highest BCUT2D eigenvalue weighted by Gasteiger charge is 2.36. The molecule has 0 bridgehead atoms. The van der Waals surface area contributed by atoms with Gasteiger partial charge in [0.05, 0.1) is 6.61 Å². The Labute approximate surface area is 226 Å². The molecule has 0 saturated carbocycles. The Balaban J connectivity index is 2.53. The molecule has 2 atom stereocenters. The summed E-state index contributed by atoms with van der Waals surface area (Å²) in [4.78, 5) is 41.7. The number of unbranched alkanes of at least 4 members (excludes halogenated alkanes) is 2. The van der Waals surface area contributed by atoms with Crippen LogP contribution in [0.4, 0.5) is 10.5 Å². The van der Waals surface area contributed by atoms with E-state index in [1.54, 1.807) is 20.8 Å². The van der Waals surface area contributed by atoms with Crippen LogP contribution in [-0.2, 0) is 14.3 Å². The number of para-hydroxylation sites is 1. The fraction of sp³-hybridized carbons (Fsp3) is 0.500. The Kier molecular flexibility index (Phi) is 11.3. The number of hydrogen-bond donors (Lipinski definition) is 3. The predicted molar refractivity (Wildman–Crippen MR) is 150 cm³/mol. The second kappa shape index (κ2) is 14.0. The molecule has 2 aromatic rings. The number of carbonyl (C=O) groups is 3. The average molecular weight is 526 g/mol. The number of carbonyl (C=O) groups excluding carboxylic acids is 3. The van der Waals surface area contributed by atoms with Gasteiger partial charge in [-0.15, -0.1) is 0 Å². The van der Waals surface area contributed by atoms with E-state index in [-0.39, 0.29) is 12.5 Å². The van der Waals surface area contributed by atoms with Crippen molar-refractivity contribution < 1.29 is 24.2 Å². The smallest absolute Gasteiger partial charge is 0.408 e. The number of amides is 3. The molecule has 2 aromatic carbocycles. The van der Waals surface area contributed by atoms with Crippen molar-refractivity contribution in [1.29, 1.82) is 0 Å². The molecule has 0 spiro atoms. The van der Waals surface area contributed by atoms with Crippen molar-refractivity contribution in [3.8, 4) is 0 Å². The number of anilines is 1. The number of alkyl carbamates (subject to hydrolysis) is 1. The number of rotatable bonds is 11. The molecule has 0 saturated heterocycles. The quantitative estimate of drug-likeness (QED) is 0.350. The number of nitrogens with one attached hydrogen (secondary N) is 2. The van der Waals surface area contributed by atoms with Crippen LogP contribution in [0.5, 0.6) is 0 Å². The van der Waals surface area contributed by atoms with Crippen molar-refractivity contribution in [2.75, 3.05) is 18.5 Å². The molecule has 8 nitrogen and oxygen atoms in total. The highest BCUT2D eigenvalue weighted by atomic mass is 16.6. The van der Waals surface area contributed by atoms with Gasteiger partial charge in [0.1, 0.15) is 17.7 Å². The first-order valence-corrected chi connectivity index (χ1v) is 13.2. The molecule has 0 fully saturated rings. The Morgan fingerprint density at radius 2 is 1.63 bits per heavy atom. The lowest BCUT2D eigenvalue weighted by atomic mass is 9.98. The third kappa shape index (κ3) is 9.17. The van der Waals surface area contributed by atoms with Gasteiger partial charge in [-0.3, -0.25) is 9.59 Å². The van der Waals surface area contributed by atoms with Gasteiger partial charge in [-0.05, 0) is 65.2 Å². The largest absolute Gasteiger partial charge is 0.444 e. The molecule has 2 unspecified atom stereocenters. The molecule has 0 aliphatic carbocycles. The fourth-order valence-corrected chi connectivity index (χ4v) is 4.29. The number of aryl methyl sites for hydroxylation is 3. The maximum absolute atomic E-state index is 13.9. The number of benzene rings is 2. The SMILES string of the molecule is CCCCCN(C(=O)C(CO)NC(=O)OC(C)(C)C)C(C(=O)Nc1ccccc1C)c1cc(C)cc(C)c1. The van der Waals surface area contributed by atoms with Gasteiger partial charge < -0.3 is 25.4 Å². The maximum Gasteiger partial charge on any atom is 0.408 e. The van der Waals surface area contributed by atoms with Crippen molar-refractivity contribution in [3.63, 3.8) is 0 Å². The first-order chi connectivity index (χ1) is 17.9. The van der Waals surface area contributed by atoms with E-state index in [4.69, 9.17) is 4.74 Å². The Hall–Kier alpha value is -3.39. The zero-order valence-electron chi connectivity index (χ0n) is 23.8. The lowest BCUT2D eigenvalue weighted by Crippen LogP contribution is -2.54. The molecule has 8 heteroatoms. The summed E-state index contributed by atoms with van der Waals surface area (Å²) in [5, 5.41) is 15.6. The van der Waals surface area contributed by atoms with Crippen LogP contribution in [0.25, 0.3) is 0 Å². The summed E-state index contributed by atoms with van der Waals surface area (Å²) < 4.78 is 5.30. The van der Waals surface area contributed by atoms with Gasteiger partial charge in [0, 0.05) is 12.2 Å². The monoisotopic (exact) mass is 525 g/mol. The second-order valence-corrected chi connectivity index (χ2v) is 10.7. The van der Waals surface area contributed by atoms with Gasteiger partial charge in [-0.2, -0.15) is 0 Å². The number of aliphatic hydroxyl groups excluding tert-OH is 1. The topological polar surface area (TPSA) is 108 Å². The van der Waals surface area contributed by atoms with E-state index < -0.39 is 36.3 Å². The Morgan fingerprint density at radius 1 is 1.00 bits per heavy atom. The fourth-order valence-electron chi connectivity index (χ4n) is 4.29. The molecule has 2 rings (SSSR count). The van der Waals surface area contributed by atoms with Crippen molar-refractivity contribution in [2.24, 2.45) is 0 Å². The number of ether oxygens (including phenoxy) is 1. The van der Waals surface area contributed by atoms with Gasteiger partial charge in [0.2, 0.25) is 5.91 Å². The molecule has 3 N–H and O–H groups in total. The highest BCUT2D eigenvalue weighted by Crippen LogP contribution is 2.27. The van der Waals surface area contributed by atoms with Crippen LogP contribution < -0.4 is 10.6 Å². The maximum atomic E-state index is 13.9. The molecule has 0 aliphatic heterocycles. The van der Waals surface area contributed by atoms with E-state index in [9.17, 15) is 19.5 Å². The van der Waals surface area contributed by atoms with Gasteiger partial charge in [0.25, 0.3) is 5.91 Å². The lowest BCUT2D eigenvalue weighted by molar-refractivity contribution is -0.141. The normalized spacial score (nSPS) is 12.8. The summed E-state index contributed by atoms with van der Waals surface area (Å²) >= 11 is 0. The van der Waals surface area contributed by atoms with Crippen LogP contribution in [0.15, 0.2) is 42.5 Å². The summed E-state index contributed by atoms with van der Waals surface area (Å²) in [6.07, 6.45) is 1.62. The summed E-state index contributed by atoms with van der Waals surface area (Å²) in [5.41, 5.74) is 3.35. The van der Waals surface area contributed by atoms with Gasteiger partial charge in [-0.1, -0.05) is 67.3 Å². The number of nitrogens with zero attached hydrogens (tertiary/aromatic N) is 1. The van der Waals surface area contributed by atoms with Crippen LogP contribution >= 0.6 is 0 Å². The standard InChI is InChI=1S/C30H43N3O5/c1-8-9-12-15-33(28(36)25(19-34)32-29(37)38-30(5,6)7)26(23-17-20(2)16-21(3)18-23)27(35)31-24-14-11-10-13-22(24)4/h10-11,13-14,16-18,25-26,34H,8-9,12,15,19H2,1-7H3,(H,31,35)(H,32,37). The van der Waals surface area contributed by atoms with Crippen molar-refractivity contribution in [3.05, 3.63) is 64.7 Å². The van der Waals surface area contributed by atoms with Gasteiger partial charge in [0.15, 0.2) is 0 Å². The minimum absolute atomic E-state index is 0.276. The van der Waals surface area contributed by atoms with Crippen molar-refractivity contribution >= 4 is 23.6 Å². The molecule has 3 amide bonds. The van der Waals surface area contributed by atoms with E-state index in [0.29, 0.717) is 17.7 Å². The Bertz CT molecular complexity index is 1090. The number of hydrogen-bond acceptors (Lipinski definition) is 5. The first-order valence-electron chi connectivity index (χ1n) is 13.2. The molecule has 0 heterocycles. The molecule has 0 radical (unpaired) electrons. The second-order valence-electron chi connectivity index (χ2n) is 10.7. The molecular weight excluding hydrogens is 482 g/mol. The van der Waals surface area contributed by atoms with Crippen LogP contribution in [0, 0.1) is 20.8 Å². The molecule has 38 heavy (non-hydrogen) atoms. The summed E-state index contributed by atoms with van der Waals surface area (Å²) in [6.45, 7) is 12.6.